The van der Waals surface area contributed by atoms with Gasteiger partial charge in [-0.2, -0.15) is 0 Å². The highest BCUT2D eigenvalue weighted by Gasteiger charge is 2.67. The van der Waals surface area contributed by atoms with Crippen LogP contribution in [0.5, 0.6) is 0 Å². The first-order valence-electron chi connectivity index (χ1n) is 10.6. The lowest BCUT2D eigenvalue weighted by atomic mass is 9.95. The molecule has 9 heteroatoms. The molecule has 0 radical (unpaired) electrons. The first-order valence-corrected chi connectivity index (χ1v) is 12.1. The molecule has 3 rings (SSSR count). The highest BCUT2D eigenvalue weighted by atomic mass is 32.2. The number of fused-ring (bicyclic) bond motifs is 1. The van der Waals surface area contributed by atoms with Gasteiger partial charge in [0.05, 0.1) is 11.2 Å². The monoisotopic (exact) mass is 449 g/mol. The second-order valence-electron chi connectivity index (χ2n) is 9.34. The Bertz CT molecular complexity index is 974. The molecule has 3 amide bonds. The SMILES string of the molecule is CC(Cc1ccccc1)NC(=O)C(NC(=O)C1N2C(=O)CC2S(=O)(=O)C1(C)C)C(C)C. The van der Waals surface area contributed by atoms with E-state index in [1.807, 2.05) is 37.3 Å². The van der Waals surface area contributed by atoms with Crippen molar-refractivity contribution in [3.05, 3.63) is 35.9 Å². The van der Waals surface area contributed by atoms with E-state index in [2.05, 4.69) is 10.6 Å². The van der Waals surface area contributed by atoms with Crippen LogP contribution in [0.15, 0.2) is 30.3 Å². The van der Waals surface area contributed by atoms with E-state index in [0.717, 1.165) is 10.5 Å². The Kier molecular flexibility index (Phi) is 6.19. The van der Waals surface area contributed by atoms with E-state index in [0.29, 0.717) is 6.42 Å². The minimum Gasteiger partial charge on any atom is -0.352 e. The molecule has 4 atom stereocenters. The van der Waals surface area contributed by atoms with Gasteiger partial charge in [0.25, 0.3) is 0 Å². The van der Waals surface area contributed by atoms with E-state index >= 15 is 0 Å². The summed E-state index contributed by atoms with van der Waals surface area (Å²) in [6, 6.07) is 7.60. The van der Waals surface area contributed by atoms with Gasteiger partial charge in [0, 0.05) is 6.04 Å². The molecule has 2 heterocycles. The van der Waals surface area contributed by atoms with Crippen molar-refractivity contribution in [1.82, 2.24) is 15.5 Å². The normalized spacial score (nSPS) is 25.4. The zero-order valence-electron chi connectivity index (χ0n) is 18.6. The molecule has 2 aliphatic heterocycles. The van der Waals surface area contributed by atoms with Crippen LogP contribution in [0.3, 0.4) is 0 Å². The number of hydrogen-bond donors (Lipinski definition) is 2. The summed E-state index contributed by atoms with van der Waals surface area (Å²) in [5.41, 5.74) is 1.08. The number of β-lactam (4-membered cyclic amide) rings is 1. The van der Waals surface area contributed by atoms with E-state index in [9.17, 15) is 22.8 Å². The van der Waals surface area contributed by atoms with E-state index in [1.165, 1.54) is 13.8 Å². The predicted octanol–water partition coefficient (Wildman–Crippen LogP) is 1.01. The Hall–Kier alpha value is -2.42. The van der Waals surface area contributed by atoms with Crippen molar-refractivity contribution in [3.8, 4) is 0 Å². The standard InChI is InChI=1S/C22H31N3O5S/c1-13(2)18(20(27)23-14(3)11-15-9-7-6-8-10-15)24-21(28)19-22(4,5)31(29,30)17-12-16(26)25(17)19/h6-10,13-14,17-19H,11-12H2,1-5H3,(H,23,27)(H,24,28). The Morgan fingerprint density at radius 1 is 1.13 bits per heavy atom. The summed E-state index contributed by atoms with van der Waals surface area (Å²) in [5, 5.41) is 4.69. The minimum absolute atomic E-state index is 0.0966. The van der Waals surface area contributed by atoms with Crippen LogP contribution in [-0.2, 0) is 30.6 Å². The first kappa shape index (κ1) is 23.2. The largest absolute Gasteiger partial charge is 0.352 e. The molecule has 2 saturated heterocycles. The highest BCUT2D eigenvalue weighted by molar-refractivity contribution is 7.93. The van der Waals surface area contributed by atoms with E-state index in [4.69, 9.17) is 0 Å². The highest BCUT2D eigenvalue weighted by Crippen LogP contribution is 2.45. The molecule has 8 nitrogen and oxygen atoms in total. The number of hydrogen-bond acceptors (Lipinski definition) is 5. The van der Waals surface area contributed by atoms with Gasteiger partial charge in [-0.25, -0.2) is 8.42 Å². The number of sulfone groups is 1. The molecule has 0 saturated carbocycles. The second-order valence-corrected chi connectivity index (χ2v) is 12.0. The topological polar surface area (TPSA) is 113 Å². The predicted molar refractivity (Wildman–Crippen MR) is 117 cm³/mol. The Balaban J connectivity index is 1.71. The Morgan fingerprint density at radius 3 is 2.29 bits per heavy atom. The third kappa shape index (κ3) is 4.07. The second kappa shape index (κ2) is 8.26. The van der Waals surface area contributed by atoms with Gasteiger partial charge in [0.1, 0.15) is 17.5 Å². The van der Waals surface area contributed by atoms with Gasteiger partial charge >= 0.3 is 0 Å². The average molecular weight is 450 g/mol. The number of benzene rings is 1. The van der Waals surface area contributed by atoms with Crippen molar-refractivity contribution in [2.75, 3.05) is 0 Å². The summed E-state index contributed by atoms with van der Waals surface area (Å²) >= 11 is 0. The number of nitrogens with zero attached hydrogens (tertiary/aromatic N) is 1. The fourth-order valence-corrected chi connectivity index (χ4v) is 6.51. The number of amides is 3. The van der Waals surface area contributed by atoms with Gasteiger partial charge in [0.15, 0.2) is 9.84 Å². The summed E-state index contributed by atoms with van der Waals surface area (Å²) in [6.07, 6.45) is 0.545. The molecular weight excluding hydrogens is 418 g/mol. The number of carbonyl (C=O) groups is 3. The van der Waals surface area contributed by atoms with Crippen molar-refractivity contribution < 1.29 is 22.8 Å². The molecule has 2 N–H and O–H groups in total. The van der Waals surface area contributed by atoms with E-state index < -0.39 is 37.9 Å². The molecule has 0 aliphatic carbocycles. The van der Waals surface area contributed by atoms with Gasteiger partial charge in [-0.3, -0.25) is 14.4 Å². The van der Waals surface area contributed by atoms with Gasteiger partial charge in [-0.05, 0) is 38.7 Å². The van der Waals surface area contributed by atoms with Crippen LogP contribution in [0.4, 0.5) is 0 Å². The molecule has 1 aromatic carbocycles. The third-order valence-corrected chi connectivity index (χ3v) is 9.04. The Morgan fingerprint density at radius 2 is 1.74 bits per heavy atom. The molecule has 1 aromatic rings. The molecular formula is C22H31N3O5S. The zero-order valence-corrected chi connectivity index (χ0v) is 19.4. The first-order chi connectivity index (χ1) is 14.4. The van der Waals surface area contributed by atoms with Crippen LogP contribution in [0.2, 0.25) is 0 Å². The van der Waals surface area contributed by atoms with Crippen molar-refractivity contribution in [2.45, 2.75) is 75.7 Å². The van der Waals surface area contributed by atoms with Crippen LogP contribution in [0, 0.1) is 5.92 Å². The summed E-state index contributed by atoms with van der Waals surface area (Å²) in [6.45, 7) is 8.43. The summed E-state index contributed by atoms with van der Waals surface area (Å²) in [7, 11) is -3.68. The van der Waals surface area contributed by atoms with Gasteiger partial charge < -0.3 is 15.5 Å². The van der Waals surface area contributed by atoms with Crippen LogP contribution < -0.4 is 10.6 Å². The lowest BCUT2D eigenvalue weighted by Crippen LogP contribution is -2.62. The smallest absolute Gasteiger partial charge is 0.245 e. The van der Waals surface area contributed by atoms with Gasteiger partial charge in [-0.1, -0.05) is 44.2 Å². The molecule has 2 fully saturated rings. The van der Waals surface area contributed by atoms with Crippen LogP contribution in [-0.4, -0.2) is 59.3 Å². The minimum atomic E-state index is -3.68. The fraction of sp³-hybridized carbons (Fsp3) is 0.591. The quantitative estimate of drug-likeness (QED) is 0.603. The van der Waals surface area contributed by atoms with Crippen LogP contribution in [0.1, 0.15) is 46.6 Å². The van der Waals surface area contributed by atoms with Crippen LogP contribution >= 0.6 is 0 Å². The van der Waals surface area contributed by atoms with Crippen molar-refractivity contribution >= 4 is 27.6 Å². The summed E-state index contributed by atoms with van der Waals surface area (Å²) < 4.78 is 24.1. The molecule has 0 bridgehead atoms. The molecule has 4 unspecified atom stereocenters. The molecule has 0 spiro atoms. The average Bonchev–Trinajstić information content (AvgIpc) is 2.79. The van der Waals surface area contributed by atoms with Gasteiger partial charge in [0.2, 0.25) is 17.7 Å². The van der Waals surface area contributed by atoms with Crippen molar-refractivity contribution in [1.29, 1.82) is 0 Å². The molecule has 31 heavy (non-hydrogen) atoms. The third-order valence-electron chi connectivity index (χ3n) is 6.24. The lowest BCUT2D eigenvalue weighted by Gasteiger charge is -2.37. The summed E-state index contributed by atoms with van der Waals surface area (Å²) in [4.78, 5) is 39.3. The maximum absolute atomic E-state index is 13.1. The number of nitrogens with one attached hydrogen (secondary N) is 2. The van der Waals surface area contributed by atoms with E-state index in [1.54, 1.807) is 13.8 Å². The van der Waals surface area contributed by atoms with Crippen molar-refractivity contribution in [2.24, 2.45) is 5.92 Å². The van der Waals surface area contributed by atoms with Crippen molar-refractivity contribution in [3.63, 3.8) is 0 Å². The maximum Gasteiger partial charge on any atom is 0.245 e. The fourth-order valence-electron chi connectivity index (χ4n) is 4.37. The summed E-state index contributed by atoms with van der Waals surface area (Å²) in [5.74, 6) is -1.54. The maximum atomic E-state index is 13.1. The molecule has 170 valence electrons. The van der Waals surface area contributed by atoms with E-state index in [-0.39, 0.29) is 30.2 Å². The molecule has 0 aromatic heterocycles. The number of rotatable bonds is 7. The number of carbonyl (C=O) groups excluding carboxylic acids is 3. The molecule has 2 aliphatic rings. The lowest BCUT2D eigenvalue weighted by molar-refractivity contribution is -0.150. The van der Waals surface area contributed by atoms with Gasteiger partial charge in [-0.15, -0.1) is 0 Å². The van der Waals surface area contributed by atoms with Crippen LogP contribution in [0.25, 0.3) is 0 Å². The Labute approximate surface area is 183 Å². The zero-order chi connectivity index (χ0) is 23.1.